The Morgan fingerprint density at radius 3 is 2.88 bits per heavy atom. The lowest BCUT2D eigenvalue weighted by molar-refractivity contribution is -0.383. The van der Waals surface area contributed by atoms with Crippen LogP contribution in [0.2, 0.25) is 0 Å². The molecule has 0 unspecified atom stereocenters. The van der Waals surface area contributed by atoms with Crippen LogP contribution < -0.4 is 0 Å². The third-order valence-electron chi connectivity index (χ3n) is 2.11. The van der Waals surface area contributed by atoms with E-state index in [9.17, 15) is 10.1 Å². The van der Waals surface area contributed by atoms with E-state index in [1.165, 1.54) is 17.8 Å². The molecule has 0 radical (unpaired) electrons. The maximum atomic E-state index is 10.7. The highest BCUT2D eigenvalue weighted by atomic mass is 32.2. The van der Waals surface area contributed by atoms with Crippen LogP contribution in [0.5, 0.6) is 0 Å². The predicted octanol–water partition coefficient (Wildman–Crippen LogP) is 1.61. The number of aromatic nitrogens is 2. The number of hydrogen-bond donors (Lipinski definition) is 1. The smallest absolute Gasteiger partial charge is 0.300 e. The van der Waals surface area contributed by atoms with E-state index in [4.69, 9.17) is 5.11 Å². The van der Waals surface area contributed by atoms with Crippen LogP contribution in [0.15, 0.2) is 21.7 Å². The third kappa shape index (κ3) is 2.37. The molecule has 1 aromatic carbocycles. The van der Waals surface area contributed by atoms with Gasteiger partial charge in [-0.1, -0.05) is 0 Å². The van der Waals surface area contributed by atoms with Gasteiger partial charge in [0.25, 0.3) is 0 Å². The Labute approximate surface area is 99.9 Å². The zero-order valence-electron chi connectivity index (χ0n) is 8.70. The Balaban J connectivity index is 2.36. The number of fused-ring (bicyclic) bond motifs is 1. The molecule has 1 N–H and O–H groups in total. The van der Waals surface area contributed by atoms with Crippen molar-refractivity contribution in [3.05, 3.63) is 22.2 Å². The summed E-state index contributed by atoms with van der Waals surface area (Å²) >= 11 is 1.45. The second-order valence-corrected chi connectivity index (χ2v) is 4.36. The molecular weight excluding hydrogens is 246 g/mol. The summed E-state index contributed by atoms with van der Waals surface area (Å²) in [5, 5.41) is 26.6. The summed E-state index contributed by atoms with van der Waals surface area (Å²) in [6.07, 6.45) is 0.647. The molecule has 0 amide bonds. The summed E-state index contributed by atoms with van der Waals surface area (Å²) in [5.41, 5.74) is 0.430. The maximum Gasteiger partial charge on any atom is 0.300 e. The van der Waals surface area contributed by atoms with Crippen molar-refractivity contribution in [1.82, 2.24) is 10.3 Å². The van der Waals surface area contributed by atoms with Crippen molar-refractivity contribution >= 4 is 28.5 Å². The first-order valence-electron chi connectivity index (χ1n) is 4.87. The summed E-state index contributed by atoms with van der Waals surface area (Å²) in [4.78, 5) is 11.0. The molecule has 0 saturated heterocycles. The molecule has 8 heteroatoms. The quantitative estimate of drug-likeness (QED) is 0.374. The summed E-state index contributed by atoms with van der Waals surface area (Å²) in [7, 11) is 0. The summed E-state index contributed by atoms with van der Waals surface area (Å²) in [5.74, 6) is 0.705. The molecule has 0 aliphatic rings. The van der Waals surface area contributed by atoms with E-state index in [0.29, 0.717) is 17.7 Å². The number of thioether (sulfide) groups is 1. The van der Waals surface area contributed by atoms with Gasteiger partial charge >= 0.3 is 5.69 Å². The van der Waals surface area contributed by atoms with Gasteiger partial charge in [-0.05, 0) is 22.8 Å². The SMILES string of the molecule is O=[N+]([O-])c1ccc(SCCCO)c2nonc12. The number of hydrogen-bond acceptors (Lipinski definition) is 7. The second kappa shape index (κ2) is 5.11. The lowest BCUT2D eigenvalue weighted by atomic mass is 10.3. The molecule has 0 saturated carbocycles. The molecule has 90 valence electrons. The number of aliphatic hydroxyl groups is 1. The first-order valence-corrected chi connectivity index (χ1v) is 5.86. The zero-order valence-corrected chi connectivity index (χ0v) is 9.51. The van der Waals surface area contributed by atoms with Gasteiger partial charge in [0.05, 0.1) is 4.92 Å². The zero-order chi connectivity index (χ0) is 12.3. The molecule has 1 aromatic heterocycles. The average molecular weight is 255 g/mol. The van der Waals surface area contributed by atoms with E-state index in [1.807, 2.05) is 0 Å². The molecule has 0 fully saturated rings. The first-order chi connectivity index (χ1) is 8.24. The van der Waals surface area contributed by atoms with Crippen LogP contribution in [-0.4, -0.2) is 32.7 Å². The lowest BCUT2D eigenvalue weighted by Gasteiger charge is -2.00. The minimum absolute atomic E-state index is 0.111. The van der Waals surface area contributed by atoms with Crippen molar-refractivity contribution in [2.75, 3.05) is 12.4 Å². The largest absolute Gasteiger partial charge is 0.396 e. The highest BCUT2D eigenvalue weighted by Crippen LogP contribution is 2.31. The number of rotatable bonds is 5. The first kappa shape index (κ1) is 11.8. The van der Waals surface area contributed by atoms with Crippen LogP contribution in [0.25, 0.3) is 11.0 Å². The van der Waals surface area contributed by atoms with Gasteiger partial charge in [-0.2, -0.15) is 0 Å². The Morgan fingerprint density at radius 2 is 2.18 bits per heavy atom. The van der Waals surface area contributed by atoms with Crippen LogP contribution in [0.3, 0.4) is 0 Å². The molecule has 2 aromatic rings. The fourth-order valence-electron chi connectivity index (χ4n) is 1.34. The third-order valence-corrected chi connectivity index (χ3v) is 3.25. The van der Waals surface area contributed by atoms with E-state index < -0.39 is 4.92 Å². The van der Waals surface area contributed by atoms with Crippen LogP contribution in [0.4, 0.5) is 5.69 Å². The van der Waals surface area contributed by atoms with Gasteiger partial charge in [0.1, 0.15) is 0 Å². The van der Waals surface area contributed by atoms with Gasteiger partial charge in [0.2, 0.25) is 5.52 Å². The Bertz CT molecular complexity index is 542. The number of nitrogens with zero attached hydrogens (tertiary/aromatic N) is 3. The van der Waals surface area contributed by atoms with Gasteiger partial charge in [-0.15, -0.1) is 11.8 Å². The Morgan fingerprint density at radius 1 is 1.41 bits per heavy atom. The fraction of sp³-hybridized carbons (Fsp3) is 0.333. The van der Waals surface area contributed by atoms with E-state index in [2.05, 4.69) is 14.9 Å². The molecule has 1 heterocycles. The van der Waals surface area contributed by atoms with E-state index in [0.717, 1.165) is 4.90 Å². The topological polar surface area (TPSA) is 102 Å². The van der Waals surface area contributed by atoms with Crippen LogP contribution >= 0.6 is 11.8 Å². The number of benzene rings is 1. The summed E-state index contributed by atoms with van der Waals surface area (Å²) in [6.45, 7) is 0.111. The van der Waals surface area contributed by atoms with Crippen molar-refractivity contribution in [3.8, 4) is 0 Å². The number of nitro groups is 1. The molecule has 0 spiro atoms. The monoisotopic (exact) mass is 255 g/mol. The molecule has 17 heavy (non-hydrogen) atoms. The van der Waals surface area contributed by atoms with Gasteiger partial charge in [0, 0.05) is 23.3 Å². The minimum Gasteiger partial charge on any atom is -0.396 e. The van der Waals surface area contributed by atoms with Gasteiger partial charge < -0.3 is 5.11 Å². The van der Waals surface area contributed by atoms with Crippen LogP contribution in [0, 0.1) is 10.1 Å². The normalized spacial score (nSPS) is 10.9. The van der Waals surface area contributed by atoms with E-state index >= 15 is 0 Å². The standard InChI is InChI=1S/C9H9N3O4S/c13-4-1-5-17-7-3-2-6(12(14)15)8-9(7)11-16-10-8/h2-3,13H,1,4-5H2. The van der Waals surface area contributed by atoms with Gasteiger partial charge in [-0.25, -0.2) is 4.63 Å². The van der Waals surface area contributed by atoms with E-state index in [-0.39, 0.29) is 17.8 Å². The van der Waals surface area contributed by atoms with Crippen molar-refractivity contribution in [1.29, 1.82) is 0 Å². The summed E-state index contributed by atoms with van der Waals surface area (Å²) in [6, 6.07) is 3.00. The molecule has 0 aliphatic carbocycles. The molecule has 2 rings (SSSR count). The fourth-order valence-corrected chi connectivity index (χ4v) is 2.27. The number of aliphatic hydroxyl groups excluding tert-OH is 1. The highest BCUT2D eigenvalue weighted by Gasteiger charge is 2.19. The van der Waals surface area contributed by atoms with Crippen molar-refractivity contribution in [2.24, 2.45) is 0 Å². The molecule has 0 atom stereocenters. The molecule has 0 bridgehead atoms. The maximum absolute atomic E-state index is 10.7. The van der Waals surface area contributed by atoms with Gasteiger partial charge in [0.15, 0.2) is 5.52 Å². The Kier molecular flexibility index (Phi) is 3.55. The molecule has 7 nitrogen and oxygen atoms in total. The Hall–Kier alpha value is -1.67. The van der Waals surface area contributed by atoms with E-state index in [1.54, 1.807) is 6.07 Å². The lowest BCUT2D eigenvalue weighted by Crippen LogP contribution is -1.91. The molecular formula is C9H9N3O4S. The predicted molar refractivity (Wildman–Crippen MR) is 60.9 cm³/mol. The van der Waals surface area contributed by atoms with Crippen LogP contribution in [0.1, 0.15) is 6.42 Å². The molecule has 0 aliphatic heterocycles. The number of non-ortho nitro benzene ring substituents is 1. The van der Waals surface area contributed by atoms with Crippen molar-refractivity contribution in [2.45, 2.75) is 11.3 Å². The van der Waals surface area contributed by atoms with Gasteiger partial charge in [-0.3, -0.25) is 10.1 Å². The van der Waals surface area contributed by atoms with Crippen LogP contribution in [-0.2, 0) is 0 Å². The highest BCUT2D eigenvalue weighted by molar-refractivity contribution is 7.99. The second-order valence-electron chi connectivity index (χ2n) is 3.23. The average Bonchev–Trinajstić information content (AvgIpc) is 2.78. The minimum atomic E-state index is -0.519. The van der Waals surface area contributed by atoms with Crippen molar-refractivity contribution < 1.29 is 14.7 Å². The van der Waals surface area contributed by atoms with Crippen molar-refractivity contribution in [3.63, 3.8) is 0 Å². The number of nitro benzene ring substituents is 1. The summed E-state index contributed by atoms with van der Waals surface area (Å²) < 4.78 is 4.54.